The fraction of sp³-hybridized carbons (Fsp3) is 0.0556. The van der Waals surface area contributed by atoms with E-state index in [4.69, 9.17) is 9.88 Å². The summed E-state index contributed by atoms with van der Waals surface area (Å²) in [5, 5.41) is 6.38. The first-order valence-corrected chi connectivity index (χ1v) is 8.70. The maximum atomic E-state index is 12.9. The van der Waals surface area contributed by atoms with Crippen LogP contribution < -0.4 is 9.88 Å². The molecule has 0 radical (unpaired) electrons. The molecule has 0 saturated carbocycles. The number of fused-ring (bicyclic) bond motifs is 1. The van der Waals surface area contributed by atoms with Crippen molar-refractivity contribution in [2.75, 3.05) is 7.11 Å². The van der Waals surface area contributed by atoms with E-state index >= 15 is 0 Å². The monoisotopic (exact) mass is 341 g/mol. The van der Waals surface area contributed by atoms with Gasteiger partial charge >= 0.3 is 0 Å². The number of carbonyl (C=O) groups is 1. The third-order valence-corrected chi connectivity index (χ3v) is 4.68. The van der Waals surface area contributed by atoms with Crippen molar-refractivity contribution >= 4 is 26.6 Å². The lowest BCUT2D eigenvalue weighted by Gasteiger charge is -2.12. The van der Waals surface area contributed by atoms with Crippen LogP contribution in [0.1, 0.15) is 15.9 Å². The van der Waals surface area contributed by atoms with Gasteiger partial charge in [0.1, 0.15) is 5.75 Å². The summed E-state index contributed by atoms with van der Waals surface area (Å²) >= 11 is 0. The second kappa shape index (κ2) is 6.07. The van der Waals surface area contributed by atoms with Crippen LogP contribution in [-0.4, -0.2) is 21.3 Å². The summed E-state index contributed by atoms with van der Waals surface area (Å²) in [6.45, 7) is 0. The van der Waals surface area contributed by atoms with Crippen molar-refractivity contribution < 1.29 is 17.9 Å². The standard InChI is InChI=1S/C18H15NO4S/c1-23-16-10-7-13-11-14(24(19,21)22)8-9-15(13)17(16)18(20)12-5-3-2-4-6-12/h2-11H,1H3,(H2,19,21,22). The van der Waals surface area contributed by atoms with Gasteiger partial charge in [0.25, 0.3) is 0 Å². The number of ketones is 1. The van der Waals surface area contributed by atoms with Gasteiger partial charge in [-0.3, -0.25) is 4.79 Å². The van der Waals surface area contributed by atoms with Crippen LogP contribution in [0, 0.1) is 0 Å². The van der Waals surface area contributed by atoms with Crippen LogP contribution >= 0.6 is 0 Å². The zero-order valence-electron chi connectivity index (χ0n) is 12.9. The van der Waals surface area contributed by atoms with E-state index in [1.54, 1.807) is 42.5 Å². The fourth-order valence-electron chi connectivity index (χ4n) is 2.60. The largest absolute Gasteiger partial charge is 0.496 e. The van der Waals surface area contributed by atoms with Crippen molar-refractivity contribution in [1.29, 1.82) is 0 Å². The van der Waals surface area contributed by atoms with Gasteiger partial charge in [-0.15, -0.1) is 0 Å². The quantitative estimate of drug-likeness (QED) is 0.739. The number of sulfonamides is 1. The predicted octanol–water partition coefficient (Wildman–Crippen LogP) is 2.73. The molecule has 0 aliphatic rings. The van der Waals surface area contributed by atoms with Gasteiger partial charge in [0.05, 0.1) is 17.6 Å². The number of hydrogen-bond donors (Lipinski definition) is 1. The molecule has 0 aliphatic carbocycles. The molecule has 0 aromatic heterocycles. The minimum Gasteiger partial charge on any atom is -0.496 e. The number of methoxy groups -OCH3 is 1. The summed E-state index contributed by atoms with van der Waals surface area (Å²) < 4.78 is 28.4. The fourth-order valence-corrected chi connectivity index (χ4v) is 3.15. The second-order valence-corrected chi connectivity index (χ2v) is 6.83. The van der Waals surface area contributed by atoms with Crippen LogP contribution in [0.2, 0.25) is 0 Å². The average molecular weight is 341 g/mol. The molecule has 5 nitrogen and oxygen atoms in total. The Balaban J connectivity index is 2.27. The van der Waals surface area contributed by atoms with Crippen molar-refractivity contribution in [2.45, 2.75) is 4.90 Å². The van der Waals surface area contributed by atoms with Crippen LogP contribution in [-0.2, 0) is 10.0 Å². The van der Waals surface area contributed by atoms with Crippen molar-refractivity contribution in [3.8, 4) is 5.75 Å². The minimum atomic E-state index is -3.81. The Morgan fingerprint density at radius 3 is 2.33 bits per heavy atom. The highest BCUT2D eigenvalue weighted by Gasteiger charge is 2.19. The van der Waals surface area contributed by atoms with Gasteiger partial charge in [0, 0.05) is 5.56 Å². The molecule has 24 heavy (non-hydrogen) atoms. The smallest absolute Gasteiger partial charge is 0.238 e. The van der Waals surface area contributed by atoms with Gasteiger partial charge in [-0.1, -0.05) is 42.5 Å². The highest BCUT2D eigenvalue weighted by atomic mass is 32.2. The van der Waals surface area contributed by atoms with Crippen molar-refractivity contribution in [1.82, 2.24) is 0 Å². The molecule has 0 saturated heterocycles. The Kier molecular flexibility index (Phi) is 4.09. The van der Waals surface area contributed by atoms with Crippen molar-refractivity contribution in [3.05, 3.63) is 71.8 Å². The lowest BCUT2D eigenvalue weighted by atomic mass is 9.96. The first kappa shape index (κ1) is 16.2. The molecule has 0 unspecified atom stereocenters. The maximum absolute atomic E-state index is 12.9. The molecule has 122 valence electrons. The van der Waals surface area contributed by atoms with Crippen LogP contribution in [0.3, 0.4) is 0 Å². The number of carbonyl (C=O) groups excluding carboxylic acids is 1. The lowest BCUT2D eigenvalue weighted by Crippen LogP contribution is -2.12. The first-order chi connectivity index (χ1) is 11.4. The van der Waals surface area contributed by atoms with Crippen LogP contribution in [0.15, 0.2) is 65.6 Å². The van der Waals surface area contributed by atoms with Gasteiger partial charge in [0.2, 0.25) is 10.0 Å². The molecule has 0 heterocycles. The highest BCUT2D eigenvalue weighted by Crippen LogP contribution is 2.31. The summed E-state index contributed by atoms with van der Waals surface area (Å²) in [4.78, 5) is 12.9. The molecule has 6 heteroatoms. The number of primary sulfonamides is 1. The SMILES string of the molecule is COc1ccc2cc(S(N)(=O)=O)ccc2c1C(=O)c1ccccc1. The molecule has 3 rings (SSSR count). The molecule has 0 fully saturated rings. The minimum absolute atomic E-state index is 0.00160. The summed E-state index contributed by atoms with van der Waals surface area (Å²) in [6, 6.07) is 16.6. The summed E-state index contributed by atoms with van der Waals surface area (Å²) in [6.07, 6.45) is 0. The molecule has 0 spiro atoms. The Morgan fingerprint density at radius 1 is 1.00 bits per heavy atom. The van der Waals surface area contributed by atoms with Crippen LogP contribution in [0.4, 0.5) is 0 Å². The molecule has 0 bridgehead atoms. The van der Waals surface area contributed by atoms with E-state index < -0.39 is 10.0 Å². The summed E-state index contributed by atoms with van der Waals surface area (Å²) in [5.74, 6) is 0.237. The molecule has 0 aliphatic heterocycles. The highest BCUT2D eigenvalue weighted by molar-refractivity contribution is 7.89. The van der Waals surface area contributed by atoms with E-state index in [1.165, 1.54) is 19.2 Å². The maximum Gasteiger partial charge on any atom is 0.238 e. The number of hydrogen-bond acceptors (Lipinski definition) is 4. The number of benzene rings is 3. The van der Waals surface area contributed by atoms with Crippen molar-refractivity contribution in [2.24, 2.45) is 5.14 Å². The van der Waals surface area contributed by atoms with Gasteiger partial charge in [0.15, 0.2) is 5.78 Å². The zero-order valence-corrected chi connectivity index (χ0v) is 13.7. The van der Waals surface area contributed by atoms with E-state index in [2.05, 4.69) is 0 Å². The summed E-state index contributed by atoms with van der Waals surface area (Å²) in [5.41, 5.74) is 0.918. The zero-order chi connectivity index (χ0) is 17.3. The predicted molar refractivity (Wildman–Crippen MR) is 91.7 cm³/mol. The normalized spacial score (nSPS) is 11.4. The Bertz CT molecular complexity index is 1030. The molecule has 2 N–H and O–H groups in total. The molecular formula is C18H15NO4S. The van der Waals surface area contributed by atoms with Crippen LogP contribution in [0.5, 0.6) is 5.75 Å². The second-order valence-electron chi connectivity index (χ2n) is 5.27. The summed E-state index contributed by atoms with van der Waals surface area (Å²) in [7, 11) is -2.32. The van der Waals surface area contributed by atoms with Gasteiger partial charge in [-0.2, -0.15) is 0 Å². The van der Waals surface area contributed by atoms with E-state index in [1.807, 2.05) is 6.07 Å². The molecule has 0 amide bonds. The van der Waals surface area contributed by atoms with E-state index in [0.29, 0.717) is 27.6 Å². The molecule has 0 atom stereocenters. The lowest BCUT2D eigenvalue weighted by molar-refractivity contribution is 0.103. The van der Waals surface area contributed by atoms with E-state index in [0.717, 1.165) is 0 Å². The molecule has 3 aromatic rings. The Morgan fingerprint density at radius 2 is 1.71 bits per heavy atom. The number of rotatable bonds is 4. The van der Waals surface area contributed by atoms with Gasteiger partial charge < -0.3 is 4.74 Å². The van der Waals surface area contributed by atoms with Gasteiger partial charge in [-0.05, 0) is 29.0 Å². The third-order valence-electron chi connectivity index (χ3n) is 3.76. The number of nitrogens with two attached hydrogens (primary N) is 1. The molecular weight excluding hydrogens is 326 g/mol. The molecule has 3 aromatic carbocycles. The van der Waals surface area contributed by atoms with Crippen LogP contribution in [0.25, 0.3) is 10.8 Å². The first-order valence-electron chi connectivity index (χ1n) is 7.15. The van der Waals surface area contributed by atoms with Crippen molar-refractivity contribution in [3.63, 3.8) is 0 Å². The topological polar surface area (TPSA) is 86.5 Å². The Hall–Kier alpha value is -2.70. The Labute approximate surface area is 139 Å². The average Bonchev–Trinajstić information content (AvgIpc) is 2.59. The van der Waals surface area contributed by atoms with E-state index in [-0.39, 0.29) is 10.7 Å². The third kappa shape index (κ3) is 2.89. The number of ether oxygens (including phenoxy) is 1. The van der Waals surface area contributed by atoms with E-state index in [9.17, 15) is 13.2 Å². The van der Waals surface area contributed by atoms with Gasteiger partial charge in [-0.25, -0.2) is 13.6 Å².